The lowest BCUT2D eigenvalue weighted by molar-refractivity contribution is 0.222. The highest BCUT2D eigenvalue weighted by Crippen LogP contribution is 2.27. The molecule has 0 atom stereocenters. The summed E-state index contributed by atoms with van der Waals surface area (Å²) in [5.74, 6) is 0. The molecule has 1 saturated heterocycles. The summed E-state index contributed by atoms with van der Waals surface area (Å²) in [7, 11) is -3.84. The monoisotopic (exact) mass is 393 g/mol. The van der Waals surface area contributed by atoms with Crippen molar-refractivity contribution in [1.29, 1.82) is 0 Å². The van der Waals surface area contributed by atoms with Gasteiger partial charge in [-0.25, -0.2) is 13.2 Å². The van der Waals surface area contributed by atoms with E-state index in [1.54, 1.807) is 48.2 Å². The van der Waals surface area contributed by atoms with Crippen LogP contribution < -0.4 is 10.0 Å². The molecule has 1 aliphatic heterocycles. The van der Waals surface area contributed by atoms with E-state index in [2.05, 4.69) is 10.0 Å². The summed E-state index contributed by atoms with van der Waals surface area (Å²) in [6.07, 6.45) is 1.96. The van der Waals surface area contributed by atoms with E-state index in [1.165, 1.54) is 6.07 Å². The van der Waals surface area contributed by atoms with E-state index in [1.807, 2.05) is 0 Å². The molecular weight excluding hydrogens is 374 g/mol. The number of hydrogen-bond donors (Lipinski definition) is 2. The summed E-state index contributed by atoms with van der Waals surface area (Å²) in [5.41, 5.74) is 1.30. The Morgan fingerprint density at radius 1 is 1.08 bits per heavy atom. The molecule has 0 spiro atoms. The molecule has 1 aliphatic rings. The quantitative estimate of drug-likeness (QED) is 0.821. The van der Waals surface area contributed by atoms with Gasteiger partial charge in [-0.1, -0.05) is 29.8 Å². The van der Waals surface area contributed by atoms with Gasteiger partial charge >= 0.3 is 6.03 Å². The Hall–Kier alpha value is -2.25. The van der Waals surface area contributed by atoms with E-state index in [9.17, 15) is 13.2 Å². The Balaban J connectivity index is 1.85. The minimum atomic E-state index is -3.84. The Kier molecular flexibility index (Phi) is 5.38. The molecule has 2 aromatic rings. The molecule has 0 bridgehead atoms. The average molecular weight is 394 g/mol. The van der Waals surface area contributed by atoms with Gasteiger partial charge in [-0.05, 0) is 49.6 Å². The number of halogens is 1. The van der Waals surface area contributed by atoms with Gasteiger partial charge in [0.05, 0.1) is 16.3 Å². The van der Waals surface area contributed by atoms with Gasteiger partial charge in [0.2, 0.25) is 0 Å². The number of benzene rings is 2. The van der Waals surface area contributed by atoms with Crippen LogP contribution in [-0.4, -0.2) is 32.4 Å². The molecule has 2 aromatic carbocycles. The number of carbonyl (C=O) groups excluding carboxylic acids is 1. The summed E-state index contributed by atoms with van der Waals surface area (Å²) in [6.45, 7) is 3.12. The number of nitrogens with one attached hydrogen (secondary N) is 2. The highest BCUT2D eigenvalue weighted by atomic mass is 35.5. The Bertz CT molecular complexity index is 925. The summed E-state index contributed by atoms with van der Waals surface area (Å²) < 4.78 is 28.1. The third-order valence-electron chi connectivity index (χ3n) is 4.25. The summed E-state index contributed by atoms with van der Waals surface area (Å²) in [6, 6.07) is 11.2. The zero-order chi connectivity index (χ0) is 18.7. The SMILES string of the molecule is Cc1ccc(Cl)cc1S(=O)(=O)Nc1ccccc1NC(=O)N1CCCC1. The lowest BCUT2D eigenvalue weighted by atomic mass is 10.2. The Morgan fingerprint density at radius 2 is 1.73 bits per heavy atom. The van der Waals surface area contributed by atoms with Gasteiger partial charge in [0, 0.05) is 18.1 Å². The maximum absolute atomic E-state index is 12.8. The first kappa shape index (κ1) is 18.5. The molecule has 2 N–H and O–H groups in total. The second kappa shape index (κ2) is 7.55. The van der Waals surface area contributed by atoms with E-state index in [-0.39, 0.29) is 10.9 Å². The first-order valence-corrected chi connectivity index (χ1v) is 10.2. The van der Waals surface area contributed by atoms with Crippen molar-refractivity contribution in [2.24, 2.45) is 0 Å². The van der Waals surface area contributed by atoms with Crippen LogP contribution in [0.3, 0.4) is 0 Å². The number of urea groups is 1. The molecule has 1 fully saturated rings. The van der Waals surface area contributed by atoms with Gasteiger partial charge in [-0.2, -0.15) is 0 Å². The van der Waals surface area contributed by atoms with Crippen molar-refractivity contribution in [3.05, 3.63) is 53.1 Å². The number of hydrogen-bond acceptors (Lipinski definition) is 3. The Labute approximate surface area is 158 Å². The number of sulfonamides is 1. The molecule has 0 aliphatic carbocycles. The molecular formula is C18H20ClN3O3S. The summed E-state index contributed by atoms with van der Waals surface area (Å²) >= 11 is 5.94. The van der Waals surface area contributed by atoms with Gasteiger partial charge in [0.1, 0.15) is 0 Å². The van der Waals surface area contributed by atoms with Crippen molar-refractivity contribution in [2.45, 2.75) is 24.7 Å². The fourth-order valence-corrected chi connectivity index (χ4v) is 4.45. The van der Waals surface area contributed by atoms with Crippen molar-refractivity contribution in [1.82, 2.24) is 4.90 Å². The van der Waals surface area contributed by atoms with Crippen LogP contribution in [0.5, 0.6) is 0 Å². The largest absolute Gasteiger partial charge is 0.325 e. The second-order valence-corrected chi connectivity index (χ2v) is 8.27. The van der Waals surface area contributed by atoms with E-state index in [0.717, 1.165) is 12.8 Å². The number of amides is 2. The zero-order valence-corrected chi connectivity index (χ0v) is 15.9. The third-order valence-corrected chi connectivity index (χ3v) is 5.99. The van der Waals surface area contributed by atoms with Gasteiger partial charge in [-0.15, -0.1) is 0 Å². The maximum atomic E-state index is 12.8. The van der Waals surface area contributed by atoms with Crippen LogP contribution in [0, 0.1) is 6.92 Å². The third kappa shape index (κ3) is 4.11. The number of para-hydroxylation sites is 2. The van der Waals surface area contributed by atoms with Crippen LogP contribution in [-0.2, 0) is 10.0 Å². The van der Waals surface area contributed by atoms with Crippen molar-refractivity contribution in [3.63, 3.8) is 0 Å². The van der Waals surface area contributed by atoms with E-state index < -0.39 is 10.0 Å². The number of carbonyl (C=O) groups is 1. The normalized spacial score (nSPS) is 14.3. The molecule has 2 amide bonds. The number of nitrogens with zero attached hydrogens (tertiary/aromatic N) is 1. The maximum Gasteiger partial charge on any atom is 0.321 e. The summed E-state index contributed by atoms with van der Waals surface area (Å²) in [4.78, 5) is 14.1. The van der Waals surface area contributed by atoms with Crippen LogP contribution in [0.1, 0.15) is 18.4 Å². The van der Waals surface area contributed by atoms with Crippen LogP contribution >= 0.6 is 11.6 Å². The molecule has 138 valence electrons. The number of rotatable bonds is 4. The number of likely N-dealkylation sites (tertiary alicyclic amines) is 1. The first-order valence-electron chi connectivity index (χ1n) is 8.31. The van der Waals surface area contributed by atoms with Crippen molar-refractivity contribution in [3.8, 4) is 0 Å². The summed E-state index contributed by atoms with van der Waals surface area (Å²) in [5, 5.41) is 3.13. The van der Waals surface area contributed by atoms with Gasteiger partial charge in [-0.3, -0.25) is 4.72 Å². The lowest BCUT2D eigenvalue weighted by Crippen LogP contribution is -2.32. The predicted octanol–water partition coefficient (Wildman–Crippen LogP) is 4.08. The van der Waals surface area contributed by atoms with Crippen LogP contribution in [0.4, 0.5) is 16.2 Å². The standard InChI is InChI=1S/C18H20ClN3O3S/c1-13-8-9-14(19)12-17(13)26(24,25)21-16-7-3-2-6-15(16)20-18(23)22-10-4-5-11-22/h2-3,6-9,12,21H,4-5,10-11H2,1H3,(H,20,23). The average Bonchev–Trinajstić information content (AvgIpc) is 3.13. The van der Waals surface area contributed by atoms with Crippen LogP contribution in [0.15, 0.2) is 47.4 Å². The first-order chi connectivity index (χ1) is 12.4. The van der Waals surface area contributed by atoms with E-state index >= 15 is 0 Å². The fraction of sp³-hybridized carbons (Fsp3) is 0.278. The molecule has 0 saturated carbocycles. The highest BCUT2D eigenvalue weighted by molar-refractivity contribution is 7.92. The van der Waals surface area contributed by atoms with Crippen molar-refractivity contribution in [2.75, 3.05) is 23.1 Å². The van der Waals surface area contributed by atoms with Crippen LogP contribution in [0.2, 0.25) is 5.02 Å². The van der Waals surface area contributed by atoms with Gasteiger partial charge < -0.3 is 10.2 Å². The number of anilines is 2. The fourth-order valence-electron chi connectivity index (χ4n) is 2.86. The van der Waals surface area contributed by atoms with Crippen molar-refractivity contribution < 1.29 is 13.2 Å². The van der Waals surface area contributed by atoms with Gasteiger partial charge in [0.15, 0.2) is 0 Å². The van der Waals surface area contributed by atoms with E-state index in [4.69, 9.17) is 11.6 Å². The molecule has 6 nitrogen and oxygen atoms in total. The molecule has 0 unspecified atom stereocenters. The molecule has 8 heteroatoms. The highest BCUT2D eigenvalue weighted by Gasteiger charge is 2.21. The second-order valence-electron chi connectivity index (χ2n) is 6.19. The smallest absolute Gasteiger partial charge is 0.321 e. The molecule has 26 heavy (non-hydrogen) atoms. The van der Waals surface area contributed by atoms with Crippen molar-refractivity contribution >= 4 is 39.0 Å². The lowest BCUT2D eigenvalue weighted by Gasteiger charge is -2.19. The van der Waals surface area contributed by atoms with Crippen LogP contribution in [0.25, 0.3) is 0 Å². The van der Waals surface area contributed by atoms with Gasteiger partial charge in [0.25, 0.3) is 10.0 Å². The molecule has 0 aromatic heterocycles. The minimum absolute atomic E-state index is 0.102. The molecule has 0 radical (unpaired) electrons. The van der Waals surface area contributed by atoms with E-state index in [0.29, 0.717) is 35.1 Å². The molecule has 3 rings (SSSR count). The Morgan fingerprint density at radius 3 is 2.42 bits per heavy atom. The number of aryl methyl sites for hydroxylation is 1. The predicted molar refractivity (Wildman–Crippen MR) is 103 cm³/mol. The topological polar surface area (TPSA) is 78.5 Å². The molecule has 1 heterocycles. The minimum Gasteiger partial charge on any atom is -0.325 e. The zero-order valence-electron chi connectivity index (χ0n) is 14.3.